The summed E-state index contributed by atoms with van der Waals surface area (Å²) in [6.45, 7) is 2.97. The number of likely N-dealkylation sites (tertiary alicyclic amines) is 1. The van der Waals surface area contributed by atoms with Gasteiger partial charge in [0.2, 0.25) is 5.91 Å². The molecule has 1 aromatic carbocycles. The molecular weight excluding hydrogens is 304 g/mol. The van der Waals surface area contributed by atoms with Crippen molar-refractivity contribution in [3.63, 3.8) is 0 Å². The fraction of sp³-hybridized carbons (Fsp3) is 0.421. The van der Waals surface area contributed by atoms with Crippen LogP contribution in [0.4, 0.5) is 0 Å². The Labute approximate surface area is 142 Å². The smallest absolute Gasteiger partial charge is 0.224 e. The van der Waals surface area contributed by atoms with Crippen LogP contribution < -0.4 is 5.32 Å². The molecule has 1 fully saturated rings. The van der Waals surface area contributed by atoms with E-state index in [4.69, 9.17) is 0 Å². The number of thiophene rings is 1. The third-order valence-corrected chi connectivity index (χ3v) is 5.38. The van der Waals surface area contributed by atoms with Gasteiger partial charge in [-0.2, -0.15) is 0 Å². The van der Waals surface area contributed by atoms with Crippen LogP contribution in [0.3, 0.4) is 0 Å². The number of carbonyl (C=O) groups is 1. The van der Waals surface area contributed by atoms with Gasteiger partial charge in [-0.1, -0.05) is 42.8 Å². The third-order valence-electron chi connectivity index (χ3n) is 4.40. The summed E-state index contributed by atoms with van der Waals surface area (Å²) in [5, 5.41) is 5.27. The molecule has 1 aromatic heterocycles. The summed E-state index contributed by atoms with van der Waals surface area (Å²) in [5.41, 5.74) is 1.07. The van der Waals surface area contributed by atoms with E-state index in [1.54, 1.807) is 11.3 Å². The lowest BCUT2D eigenvalue weighted by molar-refractivity contribution is -0.120. The van der Waals surface area contributed by atoms with Crippen LogP contribution in [0, 0.1) is 0 Å². The molecule has 3 rings (SSSR count). The first-order valence-electron chi connectivity index (χ1n) is 8.41. The summed E-state index contributed by atoms with van der Waals surface area (Å²) in [4.78, 5) is 16.1. The molecule has 1 aliphatic rings. The maximum Gasteiger partial charge on any atom is 0.224 e. The maximum atomic E-state index is 12.2. The highest BCUT2D eigenvalue weighted by Gasteiger charge is 2.23. The second-order valence-electron chi connectivity index (χ2n) is 6.09. The molecule has 1 aliphatic heterocycles. The Morgan fingerprint density at radius 3 is 2.57 bits per heavy atom. The van der Waals surface area contributed by atoms with Gasteiger partial charge in [0.25, 0.3) is 0 Å². The molecular formula is C19H24N2OS. The lowest BCUT2D eigenvalue weighted by Gasteiger charge is -2.34. The number of rotatable bonds is 6. The summed E-state index contributed by atoms with van der Waals surface area (Å²) >= 11 is 1.79. The summed E-state index contributed by atoms with van der Waals surface area (Å²) in [6, 6.07) is 14.5. The minimum absolute atomic E-state index is 0.106. The van der Waals surface area contributed by atoms with Gasteiger partial charge in [0, 0.05) is 11.4 Å². The minimum Gasteiger partial charge on any atom is -0.354 e. The second kappa shape index (κ2) is 8.27. The second-order valence-corrected chi connectivity index (χ2v) is 7.07. The van der Waals surface area contributed by atoms with E-state index in [9.17, 15) is 4.79 Å². The van der Waals surface area contributed by atoms with Gasteiger partial charge in [-0.3, -0.25) is 9.69 Å². The van der Waals surface area contributed by atoms with Crippen LogP contribution >= 0.6 is 11.3 Å². The standard InChI is InChI=1S/C19H24N2OS/c22-19(14-16-8-3-1-4-9-16)20-15-17(18-10-7-13-23-18)21-11-5-2-6-12-21/h1,3-4,7-10,13,17H,2,5-6,11-12,14-15H2,(H,20,22)/t17-/m0/s1. The largest absolute Gasteiger partial charge is 0.354 e. The highest BCUT2D eigenvalue weighted by Crippen LogP contribution is 2.27. The lowest BCUT2D eigenvalue weighted by Crippen LogP contribution is -2.40. The summed E-state index contributed by atoms with van der Waals surface area (Å²) in [5.74, 6) is 0.106. The number of nitrogens with one attached hydrogen (secondary N) is 1. The molecule has 3 nitrogen and oxygen atoms in total. The van der Waals surface area contributed by atoms with Crippen LogP contribution in [0.2, 0.25) is 0 Å². The van der Waals surface area contributed by atoms with Gasteiger partial charge in [0.1, 0.15) is 0 Å². The topological polar surface area (TPSA) is 32.3 Å². The van der Waals surface area contributed by atoms with Crippen molar-refractivity contribution in [1.82, 2.24) is 10.2 Å². The van der Waals surface area contributed by atoms with Crippen molar-refractivity contribution in [2.75, 3.05) is 19.6 Å². The Kier molecular flexibility index (Phi) is 5.83. The van der Waals surface area contributed by atoms with Gasteiger partial charge in [-0.15, -0.1) is 11.3 Å². The summed E-state index contributed by atoms with van der Waals surface area (Å²) < 4.78 is 0. The first-order valence-corrected chi connectivity index (χ1v) is 9.29. The molecule has 2 heterocycles. The number of benzene rings is 1. The van der Waals surface area contributed by atoms with Crippen LogP contribution in [0.25, 0.3) is 0 Å². The molecule has 0 saturated carbocycles. The third kappa shape index (κ3) is 4.66. The van der Waals surface area contributed by atoms with Crippen LogP contribution in [0.15, 0.2) is 47.8 Å². The molecule has 1 saturated heterocycles. The van der Waals surface area contributed by atoms with E-state index in [1.807, 2.05) is 30.3 Å². The Morgan fingerprint density at radius 2 is 1.87 bits per heavy atom. The average molecular weight is 328 g/mol. The first kappa shape index (κ1) is 16.2. The van der Waals surface area contributed by atoms with E-state index >= 15 is 0 Å². The van der Waals surface area contributed by atoms with Crippen molar-refractivity contribution in [2.45, 2.75) is 31.7 Å². The maximum absolute atomic E-state index is 12.2. The van der Waals surface area contributed by atoms with E-state index in [-0.39, 0.29) is 5.91 Å². The molecule has 4 heteroatoms. The highest BCUT2D eigenvalue weighted by molar-refractivity contribution is 7.10. The predicted octanol–water partition coefficient (Wildman–Crippen LogP) is 3.63. The van der Waals surface area contributed by atoms with E-state index < -0.39 is 0 Å². The number of hydrogen-bond donors (Lipinski definition) is 1. The van der Waals surface area contributed by atoms with E-state index in [0.29, 0.717) is 19.0 Å². The summed E-state index contributed by atoms with van der Waals surface area (Å²) in [7, 11) is 0. The normalized spacial score (nSPS) is 16.9. The Morgan fingerprint density at radius 1 is 1.09 bits per heavy atom. The SMILES string of the molecule is O=C(Cc1ccccc1)NC[C@@H](c1cccs1)N1CCCCC1. The van der Waals surface area contributed by atoms with Gasteiger partial charge >= 0.3 is 0 Å². The fourth-order valence-electron chi connectivity index (χ4n) is 3.17. The zero-order chi connectivity index (χ0) is 15.9. The highest BCUT2D eigenvalue weighted by atomic mass is 32.1. The van der Waals surface area contributed by atoms with E-state index in [0.717, 1.165) is 18.7 Å². The average Bonchev–Trinajstić information content (AvgIpc) is 3.11. The quantitative estimate of drug-likeness (QED) is 0.878. The van der Waals surface area contributed by atoms with E-state index in [1.165, 1.54) is 24.1 Å². The minimum atomic E-state index is 0.106. The zero-order valence-electron chi connectivity index (χ0n) is 13.4. The molecule has 1 amide bonds. The van der Waals surface area contributed by atoms with Crippen molar-refractivity contribution >= 4 is 17.2 Å². The van der Waals surface area contributed by atoms with Gasteiger partial charge < -0.3 is 5.32 Å². The van der Waals surface area contributed by atoms with Crippen LogP contribution in [0.1, 0.15) is 35.7 Å². The molecule has 0 spiro atoms. The Bertz CT molecular complexity index is 591. The van der Waals surface area contributed by atoms with Crippen LogP contribution in [0.5, 0.6) is 0 Å². The number of carbonyl (C=O) groups excluding carboxylic acids is 1. The van der Waals surface area contributed by atoms with Crippen molar-refractivity contribution < 1.29 is 4.79 Å². The van der Waals surface area contributed by atoms with Crippen LogP contribution in [-0.4, -0.2) is 30.4 Å². The molecule has 23 heavy (non-hydrogen) atoms. The van der Waals surface area contributed by atoms with Crippen LogP contribution in [-0.2, 0) is 11.2 Å². The molecule has 0 radical (unpaired) electrons. The molecule has 1 atom stereocenters. The molecule has 2 aromatic rings. The fourth-order valence-corrected chi connectivity index (χ4v) is 4.04. The molecule has 0 aliphatic carbocycles. The zero-order valence-corrected chi connectivity index (χ0v) is 14.2. The Hall–Kier alpha value is -1.65. The lowest BCUT2D eigenvalue weighted by atomic mass is 10.1. The van der Waals surface area contributed by atoms with Crippen molar-refractivity contribution in [2.24, 2.45) is 0 Å². The monoisotopic (exact) mass is 328 g/mol. The first-order chi connectivity index (χ1) is 11.3. The van der Waals surface area contributed by atoms with Gasteiger partial charge in [0.15, 0.2) is 0 Å². The van der Waals surface area contributed by atoms with Gasteiger partial charge in [-0.05, 0) is 42.9 Å². The van der Waals surface area contributed by atoms with Crippen molar-refractivity contribution in [3.8, 4) is 0 Å². The van der Waals surface area contributed by atoms with E-state index in [2.05, 4.69) is 27.7 Å². The molecule has 1 N–H and O–H groups in total. The number of piperidine rings is 1. The van der Waals surface area contributed by atoms with Crippen molar-refractivity contribution in [3.05, 3.63) is 58.3 Å². The number of amides is 1. The Balaban J connectivity index is 1.59. The van der Waals surface area contributed by atoms with Crippen molar-refractivity contribution in [1.29, 1.82) is 0 Å². The number of nitrogens with zero attached hydrogens (tertiary/aromatic N) is 1. The molecule has 122 valence electrons. The molecule has 0 unspecified atom stereocenters. The summed E-state index contributed by atoms with van der Waals surface area (Å²) in [6.07, 6.45) is 4.31. The van der Waals surface area contributed by atoms with Gasteiger partial charge in [-0.25, -0.2) is 0 Å². The predicted molar refractivity (Wildman–Crippen MR) is 95.6 cm³/mol. The molecule has 0 bridgehead atoms. The number of hydrogen-bond acceptors (Lipinski definition) is 3. The van der Waals surface area contributed by atoms with Gasteiger partial charge in [0.05, 0.1) is 12.5 Å².